The number of rotatable bonds is 10. The van der Waals surface area contributed by atoms with Gasteiger partial charge in [0.05, 0.1) is 22.9 Å². The van der Waals surface area contributed by atoms with Crippen molar-refractivity contribution in [1.29, 1.82) is 0 Å². The minimum absolute atomic E-state index is 0.495. The van der Waals surface area contributed by atoms with Crippen LogP contribution in [-0.4, -0.2) is 18.4 Å². The van der Waals surface area contributed by atoms with Gasteiger partial charge < -0.3 is 9.64 Å². The fraction of sp³-hybridized carbons (Fsp3) is 0.0400. The molecule has 268 valence electrons. The second-order valence-electron chi connectivity index (χ2n) is 12.8. The summed E-state index contributed by atoms with van der Waals surface area (Å²) in [5, 5.41) is 0.659. The monoisotopic (exact) mass is 732 g/mol. The second-order valence-corrected chi connectivity index (χ2v) is 13.8. The summed E-state index contributed by atoms with van der Waals surface area (Å²) >= 11 is 1.52. The van der Waals surface area contributed by atoms with Gasteiger partial charge in [-0.15, -0.1) is 17.9 Å². The summed E-state index contributed by atoms with van der Waals surface area (Å²) in [6, 6.07) is 60.5. The standard InChI is InChI=1S/C47H34N2O2S.C3H6/c1-51-45-31-43(49(41-18-10-4-11-19-41)42-20-12-5-13-21-42)24-22-36(45)26-40(32-50)47-48-44-25-23-35(30-46(44)52-47)39-28-37(33-14-6-2-7-15-33)27-38(29-39)34-16-8-3-9-17-34;1-3-2/h2-32H,1H3;3H,1H2,2H3/b40-26+;. The molecule has 0 aliphatic heterocycles. The average Bonchev–Trinajstić information content (AvgIpc) is 3.68. The van der Waals surface area contributed by atoms with Crippen molar-refractivity contribution in [2.24, 2.45) is 0 Å². The van der Waals surface area contributed by atoms with Crippen LogP contribution in [0.1, 0.15) is 17.5 Å². The number of thiazole rings is 1. The van der Waals surface area contributed by atoms with Crippen molar-refractivity contribution in [2.75, 3.05) is 12.0 Å². The number of fused-ring (bicyclic) bond motifs is 1. The maximum Gasteiger partial charge on any atom is 0.153 e. The van der Waals surface area contributed by atoms with Gasteiger partial charge in [0, 0.05) is 28.7 Å². The molecule has 7 aromatic carbocycles. The SMILES string of the molecule is C=CC.COc1cc(N(c2ccccc2)c2ccccc2)ccc1/C=C(\C=O)c1nc2ccc(-c3cc(-c4ccccc4)cc(-c4ccccc4)c3)cc2s1. The van der Waals surface area contributed by atoms with Crippen molar-refractivity contribution < 1.29 is 9.53 Å². The molecule has 0 aliphatic carbocycles. The lowest BCUT2D eigenvalue weighted by molar-refractivity contribution is -0.103. The van der Waals surface area contributed by atoms with Crippen LogP contribution >= 0.6 is 11.3 Å². The molecule has 0 N–H and O–H groups in total. The Kier molecular flexibility index (Phi) is 11.5. The Hall–Kier alpha value is -6.82. The first-order chi connectivity index (χ1) is 27.1. The number of aldehydes is 1. The molecule has 0 saturated heterocycles. The zero-order valence-corrected chi connectivity index (χ0v) is 31.6. The van der Waals surface area contributed by atoms with E-state index in [0.29, 0.717) is 16.3 Å². The molecule has 0 amide bonds. The Morgan fingerprint density at radius 1 is 0.600 bits per heavy atom. The van der Waals surface area contributed by atoms with Crippen molar-refractivity contribution in [3.8, 4) is 39.1 Å². The topological polar surface area (TPSA) is 42.4 Å². The van der Waals surface area contributed by atoms with Crippen molar-refractivity contribution in [1.82, 2.24) is 4.98 Å². The number of ether oxygens (including phenoxy) is 1. The highest BCUT2D eigenvalue weighted by Crippen LogP contribution is 2.39. The number of allylic oxidation sites excluding steroid dienone is 2. The van der Waals surface area contributed by atoms with Gasteiger partial charge in [-0.1, -0.05) is 109 Å². The molecule has 1 aromatic heterocycles. The number of hydrogen-bond acceptors (Lipinski definition) is 5. The number of carbonyl (C=O) groups is 1. The normalized spacial score (nSPS) is 11.0. The summed E-state index contributed by atoms with van der Waals surface area (Å²) in [5.41, 5.74) is 12.0. The predicted octanol–water partition coefficient (Wildman–Crippen LogP) is 13.7. The number of para-hydroxylation sites is 2. The van der Waals surface area contributed by atoms with Gasteiger partial charge in [0.1, 0.15) is 10.8 Å². The maximum absolute atomic E-state index is 12.6. The zero-order valence-electron chi connectivity index (χ0n) is 30.8. The molecular weight excluding hydrogens is 693 g/mol. The third-order valence-electron chi connectivity index (χ3n) is 9.06. The van der Waals surface area contributed by atoms with E-state index in [0.717, 1.165) is 61.4 Å². The van der Waals surface area contributed by atoms with Crippen LogP contribution in [0.15, 0.2) is 189 Å². The predicted molar refractivity (Wildman–Crippen MR) is 233 cm³/mol. The van der Waals surface area contributed by atoms with Crippen molar-refractivity contribution in [3.05, 3.63) is 199 Å². The van der Waals surface area contributed by atoms with E-state index in [1.54, 1.807) is 13.2 Å². The Labute approximate surface area is 327 Å². The second kappa shape index (κ2) is 17.3. The minimum atomic E-state index is 0.495. The van der Waals surface area contributed by atoms with Crippen LogP contribution in [-0.2, 0) is 4.79 Å². The van der Waals surface area contributed by atoms with Gasteiger partial charge in [-0.2, -0.15) is 0 Å². The zero-order chi connectivity index (χ0) is 38.0. The molecule has 8 rings (SSSR count). The fourth-order valence-corrected chi connectivity index (χ4v) is 7.47. The Morgan fingerprint density at radius 3 is 1.62 bits per heavy atom. The first-order valence-corrected chi connectivity index (χ1v) is 18.9. The summed E-state index contributed by atoms with van der Waals surface area (Å²) in [5.74, 6) is 0.657. The van der Waals surface area contributed by atoms with Crippen LogP contribution in [0.3, 0.4) is 0 Å². The highest BCUT2D eigenvalue weighted by molar-refractivity contribution is 7.19. The molecule has 0 spiro atoms. The summed E-state index contributed by atoms with van der Waals surface area (Å²) in [4.78, 5) is 19.7. The molecule has 0 unspecified atom stereocenters. The van der Waals surface area contributed by atoms with Gasteiger partial charge in [0.25, 0.3) is 0 Å². The summed E-state index contributed by atoms with van der Waals surface area (Å²) in [7, 11) is 1.65. The van der Waals surface area contributed by atoms with E-state index < -0.39 is 0 Å². The molecule has 1 heterocycles. The van der Waals surface area contributed by atoms with Gasteiger partial charge in [-0.3, -0.25) is 4.79 Å². The van der Waals surface area contributed by atoms with Crippen LogP contribution in [0, 0.1) is 0 Å². The van der Waals surface area contributed by atoms with E-state index in [1.807, 2.05) is 79.7 Å². The van der Waals surface area contributed by atoms with E-state index in [2.05, 4.69) is 121 Å². The Bertz CT molecular complexity index is 2470. The lowest BCUT2D eigenvalue weighted by Gasteiger charge is -2.26. The number of hydrogen-bond donors (Lipinski definition) is 0. The molecule has 5 heteroatoms. The highest BCUT2D eigenvalue weighted by Gasteiger charge is 2.16. The van der Waals surface area contributed by atoms with Gasteiger partial charge >= 0.3 is 0 Å². The third kappa shape index (κ3) is 8.38. The lowest BCUT2D eigenvalue weighted by atomic mass is 9.93. The van der Waals surface area contributed by atoms with E-state index >= 15 is 0 Å². The van der Waals surface area contributed by atoms with Crippen LogP contribution in [0.5, 0.6) is 5.75 Å². The van der Waals surface area contributed by atoms with Crippen LogP contribution in [0.4, 0.5) is 17.1 Å². The third-order valence-corrected chi connectivity index (χ3v) is 10.1. The number of carbonyl (C=O) groups excluding carboxylic acids is 1. The summed E-state index contributed by atoms with van der Waals surface area (Å²) < 4.78 is 6.90. The quantitative estimate of drug-likeness (QED) is 0.0798. The van der Waals surface area contributed by atoms with Crippen LogP contribution in [0.25, 0.3) is 55.2 Å². The molecule has 0 atom stereocenters. The van der Waals surface area contributed by atoms with Gasteiger partial charge in [-0.05, 0) is 113 Å². The molecule has 8 aromatic rings. The van der Waals surface area contributed by atoms with Crippen LogP contribution in [0.2, 0.25) is 0 Å². The number of aromatic nitrogens is 1. The molecule has 55 heavy (non-hydrogen) atoms. The number of nitrogens with zero attached hydrogens (tertiary/aromatic N) is 2. The highest BCUT2D eigenvalue weighted by atomic mass is 32.1. The van der Waals surface area contributed by atoms with E-state index in [1.165, 1.54) is 22.5 Å². The molecule has 0 aliphatic rings. The van der Waals surface area contributed by atoms with E-state index in [4.69, 9.17) is 9.72 Å². The first kappa shape index (κ1) is 36.5. The summed E-state index contributed by atoms with van der Waals surface area (Å²) in [6.07, 6.45) is 4.49. The smallest absolute Gasteiger partial charge is 0.153 e. The summed E-state index contributed by atoms with van der Waals surface area (Å²) in [6.45, 7) is 5.25. The average molecular weight is 733 g/mol. The van der Waals surface area contributed by atoms with Crippen molar-refractivity contribution in [3.63, 3.8) is 0 Å². The van der Waals surface area contributed by atoms with Crippen molar-refractivity contribution in [2.45, 2.75) is 6.92 Å². The molecule has 0 fully saturated rings. The molecule has 0 bridgehead atoms. The first-order valence-electron chi connectivity index (χ1n) is 18.1. The van der Waals surface area contributed by atoms with E-state index in [9.17, 15) is 4.79 Å². The van der Waals surface area contributed by atoms with Crippen LogP contribution < -0.4 is 9.64 Å². The van der Waals surface area contributed by atoms with Gasteiger partial charge in [0.2, 0.25) is 0 Å². The number of methoxy groups -OCH3 is 1. The molecule has 0 radical (unpaired) electrons. The molecule has 0 saturated carbocycles. The number of benzene rings is 7. The van der Waals surface area contributed by atoms with Gasteiger partial charge in [-0.25, -0.2) is 4.98 Å². The largest absolute Gasteiger partial charge is 0.496 e. The van der Waals surface area contributed by atoms with Crippen molar-refractivity contribution >= 4 is 56.6 Å². The molecular formula is C50H40N2O2S. The number of anilines is 3. The minimum Gasteiger partial charge on any atom is -0.496 e. The van der Waals surface area contributed by atoms with E-state index in [-0.39, 0.29) is 0 Å². The lowest BCUT2D eigenvalue weighted by Crippen LogP contribution is -2.10. The Morgan fingerprint density at radius 2 is 1.11 bits per heavy atom. The molecule has 4 nitrogen and oxygen atoms in total. The fourth-order valence-electron chi connectivity index (χ4n) is 6.49. The van der Waals surface area contributed by atoms with Gasteiger partial charge in [0.15, 0.2) is 6.29 Å². The maximum atomic E-state index is 12.6. The Balaban J connectivity index is 0.00000150.